The Morgan fingerprint density at radius 2 is 0.575 bits per heavy atom. The van der Waals surface area contributed by atoms with Crippen molar-refractivity contribution in [1.29, 1.82) is 0 Å². The number of nitrogens with one attached hydrogen (secondary N) is 6. The van der Waals surface area contributed by atoms with Gasteiger partial charge < -0.3 is 60.3 Å². The molecule has 6 amide bonds. The minimum Gasteiger partial charge on any atom is -0.492 e. The molecule has 0 heterocycles. The Morgan fingerprint density at radius 1 is 0.299 bits per heavy atom. The molecule has 0 spiro atoms. The summed E-state index contributed by atoms with van der Waals surface area (Å²) in [6.45, 7) is 14.7. The van der Waals surface area contributed by atoms with Crippen molar-refractivity contribution >= 4 is 35.4 Å². The van der Waals surface area contributed by atoms with Gasteiger partial charge in [0.1, 0.15) is 24.7 Å². The molecule has 1 aromatic rings. The van der Waals surface area contributed by atoms with Gasteiger partial charge in [0.05, 0.1) is 46.1 Å². The Balaban J connectivity index is 2.01. The van der Waals surface area contributed by atoms with Crippen molar-refractivity contribution in [3.8, 4) is 11.5 Å². The molecule has 1 aromatic carbocycles. The van der Waals surface area contributed by atoms with E-state index >= 15 is 0 Å². The van der Waals surface area contributed by atoms with Crippen molar-refractivity contribution in [3.05, 3.63) is 23.8 Å². The summed E-state index contributed by atoms with van der Waals surface area (Å²) in [5, 5.41) is 17.3. The summed E-state index contributed by atoms with van der Waals surface area (Å²) in [7, 11) is 0. The van der Waals surface area contributed by atoms with E-state index in [1.165, 1.54) is 141 Å². The van der Waals surface area contributed by atoms with E-state index in [-0.39, 0.29) is 74.7 Å². The Kier molecular flexibility index (Phi) is 57.1. The third-order valence-electron chi connectivity index (χ3n) is 14.8. The molecule has 0 atom stereocenters. The van der Waals surface area contributed by atoms with Crippen LogP contribution < -0.4 is 41.4 Å². The fraction of sp³-hybridized carbons (Fsp3) is 0.826. The Labute approximate surface area is 527 Å². The van der Waals surface area contributed by atoms with Gasteiger partial charge in [-0.2, -0.15) is 0 Å². The molecule has 0 aliphatic carbocycles. The maximum absolute atomic E-state index is 12.4. The molecule has 0 bridgehead atoms. The quantitative estimate of drug-likeness (QED) is 0.0335. The van der Waals surface area contributed by atoms with Gasteiger partial charge in [0.15, 0.2) is 0 Å². The minimum absolute atomic E-state index is 0.0722. The lowest BCUT2D eigenvalue weighted by Gasteiger charge is -2.14. The highest BCUT2D eigenvalue weighted by molar-refractivity contribution is 5.77. The molecule has 0 aromatic heterocycles. The molecule has 0 unspecified atom stereocenters. The number of amides is 6. The minimum atomic E-state index is -0.165. The fourth-order valence-electron chi connectivity index (χ4n) is 9.84. The maximum Gasteiger partial charge on any atom is 0.222 e. The Hall–Kier alpha value is -4.52. The first-order valence-electron chi connectivity index (χ1n) is 34.8. The van der Waals surface area contributed by atoms with Gasteiger partial charge in [-0.05, 0) is 62.1 Å². The molecule has 18 nitrogen and oxygen atoms in total. The number of benzene rings is 1. The van der Waals surface area contributed by atoms with Gasteiger partial charge in [0, 0.05) is 90.6 Å². The van der Waals surface area contributed by atoms with Gasteiger partial charge in [-0.25, -0.2) is 0 Å². The van der Waals surface area contributed by atoms with E-state index in [9.17, 15) is 28.8 Å². The first-order chi connectivity index (χ1) is 42.5. The molecular formula is C69H126N6O12. The third-order valence-corrected chi connectivity index (χ3v) is 14.8. The van der Waals surface area contributed by atoms with Crippen molar-refractivity contribution < 1.29 is 57.2 Å². The number of rotatable bonds is 65. The molecule has 18 heteroatoms. The molecule has 0 aliphatic rings. The number of carbonyl (C=O) groups is 6. The van der Waals surface area contributed by atoms with Gasteiger partial charge in [-0.15, -0.1) is 0 Å². The highest BCUT2D eigenvalue weighted by atomic mass is 16.5. The topological polar surface area (TPSA) is 230 Å². The lowest BCUT2D eigenvalue weighted by molar-refractivity contribution is -0.123. The van der Waals surface area contributed by atoms with Gasteiger partial charge in [-0.3, -0.25) is 28.8 Å². The van der Waals surface area contributed by atoms with Gasteiger partial charge in [0.25, 0.3) is 0 Å². The standard InChI is InChI=1S/C69H126N6O12/c1-5-7-9-11-13-15-17-19-21-23-25-27-29-34-64(76)70-40-33-48-82-46-31-36-66(78)72-42-52-84-49-38-68(80)74-44-54-86-62-57-61(56-60(3)4)58-63(59-62)87-55-45-75-69(81)39-50-85-53-43-73-67(79)37-32-47-83-51-41-71-65(77)35-30-28-26-24-22-20-18-16-14-12-10-8-6-2/h57-60H,5-56H2,1-4H3,(H,70,76)(H,71,77)(H,72,78)(H,73,79)(H,74,80)(H,75,81). The third kappa shape index (κ3) is 57.7. The lowest BCUT2D eigenvalue weighted by atomic mass is 10.0. The Morgan fingerprint density at radius 3 is 0.931 bits per heavy atom. The van der Waals surface area contributed by atoms with Crippen LogP contribution in [0, 0.1) is 5.92 Å². The molecule has 87 heavy (non-hydrogen) atoms. The van der Waals surface area contributed by atoms with E-state index in [0.29, 0.717) is 135 Å². The zero-order chi connectivity index (χ0) is 63.1. The van der Waals surface area contributed by atoms with Gasteiger partial charge in [-0.1, -0.05) is 182 Å². The monoisotopic (exact) mass is 1230 g/mol. The van der Waals surface area contributed by atoms with Crippen LogP contribution in [-0.4, -0.2) is 141 Å². The summed E-state index contributed by atoms with van der Waals surface area (Å²) in [6.07, 6.45) is 38.5. The van der Waals surface area contributed by atoms with E-state index in [2.05, 4.69) is 59.6 Å². The van der Waals surface area contributed by atoms with E-state index < -0.39 is 0 Å². The number of carbonyl (C=O) groups excluding carboxylic acids is 6. The zero-order valence-electron chi connectivity index (χ0n) is 55.5. The van der Waals surface area contributed by atoms with E-state index in [4.69, 9.17) is 28.4 Å². The van der Waals surface area contributed by atoms with Gasteiger partial charge >= 0.3 is 0 Å². The van der Waals surface area contributed by atoms with Crippen LogP contribution in [0.2, 0.25) is 0 Å². The second-order valence-electron chi connectivity index (χ2n) is 23.7. The smallest absolute Gasteiger partial charge is 0.222 e. The van der Waals surface area contributed by atoms with Crippen molar-refractivity contribution in [2.75, 3.05) is 105 Å². The van der Waals surface area contributed by atoms with Crippen LogP contribution in [0.3, 0.4) is 0 Å². The average molecular weight is 1230 g/mol. The number of unbranched alkanes of at least 4 members (excludes halogenated alkanes) is 24. The molecule has 0 radical (unpaired) electrons. The molecule has 504 valence electrons. The lowest BCUT2D eigenvalue weighted by Crippen LogP contribution is -2.30. The van der Waals surface area contributed by atoms with Crippen molar-refractivity contribution in [3.63, 3.8) is 0 Å². The van der Waals surface area contributed by atoms with E-state index in [1.54, 1.807) is 6.07 Å². The predicted molar refractivity (Wildman–Crippen MR) is 350 cm³/mol. The van der Waals surface area contributed by atoms with Crippen LogP contribution in [0.15, 0.2) is 18.2 Å². The predicted octanol–water partition coefficient (Wildman–Crippen LogP) is 12.1. The molecule has 6 N–H and O–H groups in total. The van der Waals surface area contributed by atoms with Crippen molar-refractivity contribution in [2.45, 2.75) is 259 Å². The number of hydrogen-bond acceptors (Lipinski definition) is 12. The second kappa shape index (κ2) is 61.7. The van der Waals surface area contributed by atoms with Crippen LogP contribution in [0.25, 0.3) is 0 Å². The van der Waals surface area contributed by atoms with Crippen LogP contribution in [-0.2, 0) is 54.1 Å². The largest absolute Gasteiger partial charge is 0.492 e. The first kappa shape index (κ1) is 80.5. The summed E-state index contributed by atoms with van der Waals surface area (Å²) in [6, 6.07) is 5.74. The van der Waals surface area contributed by atoms with Crippen LogP contribution in [0.4, 0.5) is 0 Å². The zero-order valence-corrected chi connectivity index (χ0v) is 55.5. The SMILES string of the molecule is CCCCCCCCCCCCCCCC(=O)NCCCOCCCC(=O)NCCOCCC(=O)NCCOc1cc(CC(C)C)cc(OCCNC(=O)CCOCCNC(=O)CCCOCCNC(=O)CCCCCCCCCCCCCCC)c1. The molecule has 0 saturated heterocycles. The second-order valence-corrected chi connectivity index (χ2v) is 23.7. The van der Waals surface area contributed by atoms with E-state index in [0.717, 1.165) is 44.1 Å². The van der Waals surface area contributed by atoms with Crippen LogP contribution in [0.1, 0.15) is 258 Å². The van der Waals surface area contributed by atoms with E-state index in [1.807, 2.05) is 12.1 Å². The maximum atomic E-state index is 12.4. The fourth-order valence-corrected chi connectivity index (χ4v) is 9.84. The molecule has 0 aliphatic heterocycles. The summed E-state index contributed by atoms with van der Waals surface area (Å²) >= 11 is 0. The van der Waals surface area contributed by atoms with Crippen molar-refractivity contribution in [1.82, 2.24) is 31.9 Å². The summed E-state index contributed by atoms with van der Waals surface area (Å²) < 4.78 is 34.3. The van der Waals surface area contributed by atoms with Gasteiger partial charge in [0.2, 0.25) is 35.4 Å². The van der Waals surface area contributed by atoms with Crippen LogP contribution >= 0.6 is 0 Å². The Bertz CT molecular complexity index is 1820. The molecule has 0 fully saturated rings. The summed E-state index contributed by atoms with van der Waals surface area (Å²) in [4.78, 5) is 73.5. The number of ether oxygens (including phenoxy) is 6. The normalized spacial score (nSPS) is 11.2. The summed E-state index contributed by atoms with van der Waals surface area (Å²) in [5.74, 6) is 1.35. The van der Waals surface area contributed by atoms with Crippen LogP contribution in [0.5, 0.6) is 11.5 Å². The number of hydrogen-bond donors (Lipinski definition) is 6. The highest BCUT2D eigenvalue weighted by Gasteiger charge is 2.10. The highest BCUT2D eigenvalue weighted by Crippen LogP contribution is 2.25. The van der Waals surface area contributed by atoms with Crippen molar-refractivity contribution in [2.24, 2.45) is 5.92 Å². The summed E-state index contributed by atoms with van der Waals surface area (Å²) in [5.41, 5.74) is 1.05. The molecular weight excluding hydrogens is 1100 g/mol. The average Bonchev–Trinajstić information content (AvgIpc) is 3.70. The first-order valence-corrected chi connectivity index (χ1v) is 34.8. The molecule has 0 saturated carbocycles. The molecule has 1 rings (SSSR count).